The maximum atomic E-state index is 11.3. The van der Waals surface area contributed by atoms with Crippen LogP contribution in [-0.4, -0.2) is 13.4 Å². The van der Waals surface area contributed by atoms with Crippen LogP contribution in [0.4, 0.5) is 5.69 Å². The largest absolute Gasteiger partial charge is 0.360 e. The minimum absolute atomic E-state index is 0.0280. The number of hydrogen-bond acceptors (Lipinski definition) is 6. The Morgan fingerprint density at radius 1 is 1.19 bits per heavy atom. The van der Waals surface area contributed by atoms with Crippen LogP contribution in [0, 0.1) is 18.3 Å². The highest BCUT2D eigenvalue weighted by atomic mass is 32.2. The molecule has 0 unspecified atom stereocenters. The number of hydrogen-bond donors (Lipinski definition) is 2. The van der Waals surface area contributed by atoms with Gasteiger partial charge in [0.15, 0.2) is 0 Å². The van der Waals surface area contributed by atoms with Gasteiger partial charge < -0.3 is 5.32 Å². The maximum absolute atomic E-state index is 11.3. The number of aryl methyl sites for hydroxylation is 1. The van der Waals surface area contributed by atoms with Gasteiger partial charge in [0.25, 0.3) is 0 Å². The van der Waals surface area contributed by atoms with E-state index in [4.69, 9.17) is 5.14 Å². The topological polar surface area (TPSA) is 109 Å². The summed E-state index contributed by atoms with van der Waals surface area (Å²) in [4.78, 5) is 4.56. The fraction of sp³-hybridized carbons (Fsp3) is 0.0526. The van der Waals surface area contributed by atoms with Gasteiger partial charge in [0.2, 0.25) is 10.0 Å². The maximum Gasteiger partial charge on any atom is 0.238 e. The summed E-state index contributed by atoms with van der Waals surface area (Å²) in [5, 5.41) is 20.0. The summed E-state index contributed by atoms with van der Waals surface area (Å²) in [7, 11) is -3.73. The third-order valence-electron chi connectivity index (χ3n) is 3.77. The Morgan fingerprint density at radius 2 is 1.85 bits per heavy atom. The lowest BCUT2D eigenvalue weighted by atomic mass is 10.1. The zero-order chi connectivity index (χ0) is 19.4. The Bertz CT molecular complexity index is 1120. The molecule has 0 saturated heterocycles. The zero-order valence-corrected chi connectivity index (χ0v) is 16.0. The lowest BCUT2D eigenvalue weighted by Gasteiger charge is -2.03. The van der Waals surface area contributed by atoms with Crippen molar-refractivity contribution in [3.63, 3.8) is 0 Å². The Morgan fingerprint density at radius 3 is 2.44 bits per heavy atom. The van der Waals surface area contributed by atoms with E-state index in [0.717, 1.165) is 11.3 Å². The first-order valence-electron chi connectivity index (χ1n) is 7.89. The summed E-state index contributed by atoms with van der Waals surface area (Å²) in [6.07, 6.45) is 1.55. The minimum Gasteiger partial charge on any atom is -0.360 e. The molecule has 0 aliphatic rings. The summed E-state index contributed by atoms with van der Waals surface area (Å²) in [6, 6.07) is 16.1. The molecule has 0 radical (unpaired) electrons. The molecular weight excluding hydrogens is 380 g/mol. The number of benzene rings is 2. The van der Waals surface area contributed by atoms with Crippen molar-refractivity contribution in [3.8, 4) is 17.3 Å². The predicted molar refractivity (Wildman–Crippen MR) is 107 cm³/mol. The van der Waals surface area contributed by atoms with E-state index in [1.807, 2.05) is 36.6 Å². The molecule has 1 aromatic heterocycles. The molecule has 0 amide bonds. The van der Waals surface area contributed by atoms with Crippen LogP contribution in [-0.2, 0) is 10.0 Å². The first-order chi connectivity index (χ1) is 12.9. The Kier molecular flexibility index (Phi) is 5.37. The molecule has 8 heteroatoms. The number of thiazole rings is 1. The van der Waals surface area contributed by atoms with Crippen molar-refractivity contribution < 1.29 is 8.42 Å². The van der Waals surface area contributed by atoms with Crippen molar-refractivity contribution in [2.75, 3.05) is 5.32 Å². The van der Waals surface area contributed by atoms with Crippen molar-refractivity contribution >= 4 is 32.6 Å². The molecule has 27 heavy (non-hydrogen) atoms. The first kappa shape index (κ1) is 18.8. The Labute approximate surface area is 161 Å². The second kappa shape index (κ2) is 7.72. The molecule has 3 aromatic rings. The van der Waals surface area contributed by atoms with E-state index in [-0.39, 0.29) is 4.90 Å². The van der Waals surface area contributed by atoms with Gasteiger partial charge in [0, 0.05) is 22.8 Å². The highest BCUT2D eigenvalue weighted by Crippen LogP contribution is 2.26. The van der Waals surface area contributed by atoms with Crippen molar-refractivity contribution in [3.05, 3.63) is 70.7 Å². The summed E-state index contributed by atoms with van der Waals surface area (Å²) in [5.74, 6) is 0. The smallest absolute Gasteiger partial charge is 0.238 e. The zero-order valence-electron chi connectivity index (χ0n) is 14.4. The fourth-order valence-electron chi connectivity index (χ4n) is 2.29. The van der Waals surface area contributed by atoms with E-state index in [9.17, 15) is 13.7 Å². The lowest BCUT2D eigenvalue weighted by Crippen LogP contribution is -2.11. The molecule has 1 heterocycles. The van der Waals surface area contributed by atoms with E-state index in [2.05, 4.69) is 16.4 Å². The molecule has 0 saturated carbocycles. The highest BCUT2D eigenvalue weighted by molar-refractivity contribution is 7.89. The van der Waals surface area contributed by atoms with E-state index < -0.39 is 10.0 Å². The van der Waals surface area contributed by atoms with Gasteiger partial charge >= 0.3 is 0 Å². The Balaban J connectivity index is 1.79. The number of nitrogens with two attached hydrogens (primary N) is 1. The summed E-state index contributed by atoms with van der Waals surface area (Å²) < 4.78 is 22.5. The minimum atomic E-state index is -3.73. The van der Waals surface area contributed by atoms with Gasteiger partial charge in [-0.05, 0) is 31.2 Å². The van der Waals surface area contributed by atoms with Crippen LogP contribution in [0.15, 0.2) is 65.0 Å². The molecule has 6 nitrogen and oxygen atoms in total. The molecule has 2 aromatic carbocycles. The fourth-order valence-corrected chi connectivity index (χ4v) is 3.60. The van der Waals surface area contributed by atoms with Crippen LogP contribution in [0.25, 0.3) is 16.8 Å². The number of allylic oxidation sites excluding steroid dienone is 1. The number of anilines is 1. The molecule has 136 valence electrons. The average Bonchev–Trinajstić information content (AvgIpc) is 3.12. The van der Waals surface area contributed by atoms with Gasteiger partial charge in [-0.1, -0.05) is 29.8 Å². The van der Waals surface area contributed by atoms with E-state index in [1.54, 1.807) is 18.3 Å². The van der Waals surface area contributed by atoms with Crippen LogP contribution in [0.1, 0.15) is 10.6 Å². The van der Waals surface area contributed by atoms with Crippen molar-refractivity contribution in [2.24, 2.45) is 5.14 Å². The van der Waals surface area contributed by atoms with E-state index in [1.165, 1.54) is 29.0 Å². The van der Waals surface area contributed by atoms with Crippen LogP contribution in [0.3, 0.4) is 0 Å². The van der Waals surface area contributed by atoms with Crippen LogP contribution >= 0.6 is 11.3 Å². The molecule has 0 spiro atoms. The van der Waals surface area contributed by atoms with Gasteiger partial charge in [0.05, 0.1) is 10.6 Å². The van der Waals surface area contributed by atoms with Gasteiger partial charge in [-0.3, -0.25) is 0 Å². The number of rotatable bonds is 5. The monoisotopic (exact) mass is 396 g/mol. The molecule has 0 bridgehead atoms. The summed E-state index contributed by atoms with van der Waals surface area (Å²) >= 11 is 1.38. The molecule has 0 fully saturated rings. The van der Waals surface area contributed by atoms with Gasteiger partial charge in [0.1, 0.15) is 16.6 Å². The molecular formula is C19H16N4O2S2. The van der Waals surface area contributed by atoms with Crippen LogP contribution in [0.5, 0.6) is 0 Å². The third-order valence-corrected chi connectivity index (χ3v) is 5.57. The van der Waals surface area contributed by atoms with Gasteiger partial charge in [-0.25, -0.2) is 18.5 Å². The number of aromatic nitrogens is 1. The van der Waals surface area contributed by atoms with E-state index >= 15 is 0 Å². The number of nitrogens with zero attached hydrogens (tertiary/aromatic N) is 2. The molecule has 0 aliphatic carbocycles. The average molecular weight is 396 g/mol. The van der Waals surface area contributed by atoms with Crippen LogP contribution < -0.4 is 10.5 Å². The normalized spacial score (nSPS) is 11.8. The second-order valence-electron chi connectivity index (χ2n) is 5.79. The molecule has 3 rings (SSSR count). The van der Waals surface area contributed by atoms with Crippen molar-refractivity contribution in [1.29, 1.82) is 5.26 Å². The molecule has 0 aliphatic heterocycles. The SMILES string of the molecule is Cc1ccc(-c2csc(/C(C#N)=C\Nc3ccc(S(N)(=O)=O)cc3)n2)cc1. The van der Waals surface area contributed by atoms with Gasteiger partial charge in [-0.2, -0.15) is 5.26 Å². The first-order valence-corrected chi connectivity index (χ1v) is 10.3. The van der Waals surface area contributed by atoms with Crippen LogP contribution in [0.2, 0.25) is 0 Å². The lowest BCUT2D eigenvalue weighted by molar-refractivity contribution is 0.598. The standard InChI is InChI=1S/C19H16N4O2S2/c1-13-2-4-14(5-3-13)18-12-26-19(23-18)15(10-20)11-22-16-6-8-17(9-7-16)27(21,24)25/h2-9,11-12,22H,1H3,(H2,21,24,25)/b15-11-. The van der Waals surface area contributed by atoms with Crippen molar-refractivity contribution in [2.45, 2.75) is 11.8 Å². The van der Waals surface area contributed by atoms with Crippen molar-refractivity contribution in [1.82, 2.24) is 4.98 Å². The van der Waals surface area contributed by atoms with E-state index in [0.29, 0.717) is 16.3 Å². The predicted octanol–water partition coefficient (Wildman–Crippen LogP) is 3.74. The highest BCUT2D eigenvalue weighted by Gasteiger charge is 2.10. The quantitative estimate of drug-likeness (QED) is 0.639. The third kappa shape index (κ3) is 4.60. The van der Waals surface area contributed by atoms with Gasteiger partial charge in [-0.15, -0.1) is 11.3 Å². The summed E-state index contributed by atoms with van der Waals surface area (Å²) in [6.45, 7) is 2.02. The summed E-state index contributed by atoms with van der Waals surface area (Å²) in [5.41, 5.74) is 3.99. The number of sulfonamides is 1. The molecule has 3 N–H and O–H groups in total. The Hall–Kier alpha value is -2.99. The number of nitrogens with one attached hydrogen (secondary N) is 1. The second-order valence-corrected chi connectivity index (χ2v) is 8.21. The number of nitriles is 1. The molecule has 0 atom stereocenters. The number of primary sulfonamides is 1.